The Balaban J connectivity index is 2.12. The smallest absolute Gasteiger partial charge is 0.276 e. The molecule has 20 heavy (non-hydrogen) atoms. The molecule has 0 bridgehead atoms. The summed E-state index contributed by atoms with van der Waals surface area (Å²) in [6, 6.07) is 7.86. The second kappa shape index (κ2) is 4.67. The second-order valence-corrected chi connectivity index (χ2v) is 5.45. The molecule has 1 heterocycles. The molecule has 3 nitrogen and oxygen atoms in total. The van der Waals surface area contributed by atoms with E-state index >= 15 is 0 Å². The predicted octanol–water partition coefficient (Wildman–Crippen LogP) is 3.70. The van der Waals surface area contributed by atoms with Crippen molar-refractivity contribution in [3.05, 3.63) is 59.6 Å². The molecule has 0 saturated carbocycles. The van der Waals surface area contributed by atoms with Crippen molar-refractivity contribution in [1.82, 2.24) is 0 Å². The maximum atomic E-state index is 11.1. The van der Waals surface area contributed by atoms with Crippen LogP contribution in [0.15, 0.2) is 48.4 Å². The molecule has 1 aromatic carbocycles. The van der Waals surface area contributed by atoms with Crippen molar-refractivity contribution >= 4 is 0 Å². The number of rotatable bonds is 3. The Hall–Kier alpha value is -1.74. The molecule has 1 aromatic rings. The van der Waals surface area contributed by atoms with Crippen molar-refractivity contribution in [2.75, 3.05) is 0 Å². The summed E-state index contributed by atoms with van der Waals surface area (Å²) in [6.07, 6.45) is 7.53. The minimum Gasteiger partial charge on any atom is -0.453 e. The zero-order chi connectivity index (χ0) is 14.2. The Morgan fingerprint density at radius 3 is 2.35 bits per heavy atom. The second-order valence-electron chi connectivity index (χ2n) is 5.45. The lowest BCUT2D eigenvalue weighted by molar-refractivity contribution is -0.153. The summed E-state index contributed by atoms with van der Waals surface area (Å²) in [4.78, 5) is 0. The zero-order valence-corrected chi connectivity index (χ0v) is 11.9. The van der Waals surface area contributed by atoms with Gasteiger partial charge in [0.25, 0.3) is 5.79 Å². The van der Waals surface area contributed by atoms with Gasteiger partial charge in [0.1, 0.15) is 18.1 Å². The largest absolute Gasteiger partial charge is 0.453 e. The van der Waals surface area contributed by atoms with Crippen LogP contribution in [0.5, 0.6) is 0 Å². The topological polar surface area (TPSA) is 38.7 Å². The van der Waals surface area contributed by atoms with Crippen molar-refractivity contribution in [3.8, 4) is 0 Å². The van der Waals surface area contributed by atoms with Gasteiger partial charge in [0.2, 0.25) is 0 Å². The number of ether oxygens (including phenoxy) is 2. The highest BCUT2D eigenvalue weighted by Gasteiger charge is 2.44. The highest BCUT2D eigenvalue weighted by Crippen LogP contribution is 2.46. The van der Waals surface area contributed by atoms with E-state index in [2.05, 4.69) is 6.08 Å². The lowest BCUT2D eigenvalue weighted by atomic mass is 9.82. The Morgan fingerprint density at radius 2 is 1.80 bits per heavy atom. The first-order valence-corrected chi connectivity index (χ1v) is 7.13. The van der Waals surface area contributed by atoms with Crippen LogP contribution in [0.3, 0.4) is 0 Å². The van der Waals surface area contributed by atoms with Crippen LogP contribution in [0.1, 0.15) is 44.2 Å². The Kier molecular flexibility index (Phi) is 3.09. The zero-order valence-electron chi connectivity index (χ0n) is 11.9. The Bertz CT molecular complexity index is 565. The molecule has 3 heteroatoms. The van der Waals surface area contributed by atoms with Crippen LogP contribution in [0.2, 0.25) is 0 Å². The van der Waals surface area contributed by atoms with Gasteiger partial charge in [-0.3, -0.25) is 0 Å². The number of allylic oxidation sites excluding steroid dienone is 1. The molecule has 1 aliphatic carbocycles. The Labute approximate surface area is 119 Å². The van der Waals surface area contributed by atoms with Gasteiger partial charge in [-0.15, -0.1) is 0 Å². The quantitative estimate of drug-likeness (QED) is 0.853. The number of benzene rings is 1. The van der Waals surface area contributed by atoms with Gasteiger partial charge in [0, 0.05) is 12.0 Å². The lowest BCUT2D eigenvalue weighted by Gasteiger charge is -2.34. The van der Waals surface area contributed by atoms with E-state index in [1.165, 1.54) is 0 Å². The monoisotopic (exact) mass is 272 g/mol. The van der Waals surface area contributed by atoms with Crippen LogP contribution in [-0.2, 0) is 20.9 Å². The van der Waals surface area contributed by atoms with Crippen molar-refractivity contribution < 1.29 is 14.6 Å². The molecular weight excluding hydrogens is 252 g/mol. The molecule has 0 radical (unpaired) electrons. The van der Waals surface area contributed by atoms with Gasteiger partial charge in [-0.25, -0.2) is 0 Å². The first-order chi connectivity index (χ1) is 9.62. The summed E-state index contributed by atoms with van der Waals surface area (Å²) in [5.41, 5.74) is 1.89. The molecule has 1 aliphatic heterocycles. The summed E-state index contributed by atoms with van der Waals surface area (Å²) < 4.78 is 11.4. The molecule has 1 unspecified atom stereocenters. The first-order valence-electron chi connectivity index (χ1n) is 7.13. The third kappa shape index (κ3) is 1.77. The van der Waals surface area contributed by atoms with Gasteiger partial charge in [-0.2, -0.15) is 0 Å². The molecule has 0 saturated heterocycles. The summed E-state index contributed by atoms with van der Waals surface area (Å²) in [7, 11) is 0. The van der Waals surface area contributed by atoms with E-state index in [9.17, 15) is 5.11 Å². The molecule has 0 aromatic heterocycles. The van der Waals surface area contributed by atoms with Crippen molar-refractivity contribution in [2.45, 2.75) is 44.5 Å². The van der Waals surface area contributed by atoms with E-state index in [4.69, 9.17) is 9.47 Å². The van der Waals surface area contributed by atoms with Gasteiger partial charge in [0.15, 0.2) is 0 Å². The number of aliphatic hydroxyl groups is 1. The van der Waals surface area contributed by atoms with Crippen LogP contribution in [0.4, 0.5) is 0 Å². The maximum absolute atomic E-state index is 11.1. The number of hydrogen-bond donors (Lipinski definition) is 1. The molecule has 0 amide bonds. The average Bonchev–Trinajstić information content (AvgIpc) is 3.08. The molecule has 2 aliphatic rings. The molecule has 0 fully saturated rings. The van der Waals surface area contributed by atoms with Crippen LogP contribution in [-0.4, -0.2) is 5.11 Å². The highest BCUT2D eigenvalue weighted by molar-refractivity contribution is 5.43. The fraction of sp³-hybridized carbons (Fsp3) is 0.412. The van der Waals surface area contributed by atoms with E-state index in [0.29, 0.717) is 12.8 Å². The summed E-state index contributed by atoms with van der Waals surface area (Å²) in [5.74, 6) is -0.810. The van der Waals surface area contributed by atoms with E-state index in [-0.39, 0.29) is 0 Å². The van der Waals surface area contributed by atoms with Gasteiger partial charge >= 0.3 is 0 Å². The molecule has 3 rings (SSSR count). The van der Waals surface area contributed by atoms with E-state index in [1.807, 2.05) is 38.1 Å². The van der Waals surface area contributed by atoms with Gasteiger partial charge in [-0.05, 0) is 30.9 Å². The molecular formula is C17H20O3. The van der Waals surface area contributed by atoms with Gasteiger partial charge in [-0.1, -0.05) is 37.3 Å². The van der Waals surface area contributed by atoms with Crippen LogP contribution < -0.4 is 0 Å². The maximum Gasteiger partial charge on any atom is 0.276 e. The normalized spacial score (nSPS) is 27.1. The fourth-order valence-corrected chi connectivity index (χ4v) is 3.17. The summed E-state index contributed by atoms with van der Waals surface area (Å²) in [6.45, 7) is 4.00. The minimum atomic E-state index is -0.909. The first kappa shape index (κ1) is 13.3. The predicted molar refractivity (Wildman–Crippen MR) is 76.6 cm³/mol. The standard InChI is InChI=1S/C17H20O3/c1-3-17(19-11-12-20-17)15-9-5-4-8-14(15)16(18)10-6-7-13(16)2/h4-5,7-9,11-12,18H,3,6,10H2,1-2H3. The lowest BCUT2D eigenvalue weighted by Crippen LogP contribution is -2.33. The summed E-state index contributed by atoms with van der Waals surface area (Å²) in [5, 5.41) is 11.1. The molecule has 0 spiro atoms. The van der Waals surface area contributed by atoms with E-state index in [0.717, 1.165) is 23.1 Å². The van der Waals surface area contributed by atoms with Gasteiger partial charge < -0.3 is 14.6 Å². The average molecular weight is 272 g/mol. The Morgan fingerprint density at radius 1 is 1.15 bits per heavy atom. The van der Waals surface area contributed by atoms with Crippen LogP contribution >= 0.6 is 0 Å². The SMILES string of the molecule is CCC1(c2ccccc2C2(O)CCC=C2C)OC=CO1. The molecule has 1 N–H and O–H groups in total. The van der Waals surface area contributed by atoms with E-state index in [1.54, 1.807) is 12.5 Å². The highest BCUT2D eigenvalue weighted by atomic mass is 16.7. The van der Waals surface area contributed by atoms with Crippen molar-refractivity contribution in [2.24, 2.45) is 0 Å². The number of hydrogen-bond acceptors (Lipinski definition) is 3. The molecule has 106 valence electrons. The van der Waals surface area contributed by atoms with Crippen molar-refractivity contribution in [3.63, 3.8) is 0 Å². The summed E-state index contributed by atoms with van der Waals surface area (Å²) >= 11 is 0. The minimum absolute atomic E-state index is 0.676. The van der Waals surface area contributed by atoms with E-state index < -0.39 is 11.4 Å². The third-order valence-corrected chi connectivity index (χ3v) is 4.43. The fourth-order valence-electron chi connectivity index (χ4n) is 3.17. The van der Waals surface area contributed by atoms with Crippen LogP contribution in [0, 0.1) is 0 Å². The third-order valence-electron chi connectivity index (χ3n) is 4.43. The van der Waals surface area contributed by atoms with Crippen molar-refractivity contribution in [1.29, 1.82) is 0 Å². The molecule has 1 atom stereocenters. The van der Waals surface area contributed by atoms with Crippen LogP contribution in [0.25, 0.3) is 0 Å². The van der Waals surface area contributed by atoms with Gasteiger partial charge in [0.05, 0.1) is 0 Å².